The number of aromatic nitrogens is 2. The fourth-order valence-corrected chi connectivity index (χ4v) is 7.13. The van der Waals surface area contributed by atoms with Crippen LogP contribution in [-0.2, 0) is 21.4 Å². The molecule has 0 spiro atoms. The first kappa shape index (κ1) is 30.1. The number of rotatable bonds is 9. The van der Waals surface area contributed by atoms with E-state index >= 15 is 0 Å². The lowest BCUT2D eigenvalue weighted by atomic mass is 9.88. The molecule has 9 nitrogen and oxygen atoms in total. The van der Waals surface area contributed by atoms with Crippen LogP contribution in [0.4, 0.5) is 5.69 Å². The number of carbonyl (C=O) groups excluding carboxylic acids is 2. The third-order valence-electron chi connectivity index (χ3n) is 9.37. The van der Waals surface area contributed by atoms with Crippen molar-refractivity contribution < 1.29 is 19.1 Å². The fraction of sp³-hybridized carbons (Fsp3) is 0.545. The molecule has 3 aliphatic rings. The number of hydrogen-bond acceptors (Lipinski definition) is 7. The zero-order valence-corrected chi connectivity index (χ0v) is 26.8. The summed E-state index contributed by atoms with van der Waals surface area (Å²) in [4.78, 5) is 29.1. The summed E-state index contributed by atoms with van der Waals surface area (Å²) >= 11 is 3.60. The van der Waals surface area contributed by atoms with Gasteiger partial charge >= 0.3 is 0 Å². The zero-order chi connectivity index (χ0) is 29.9. The molecule has 0 radical (unpaired) electrons. The van der Waals surface area contributed by atoms with Crippen LogP contribution in [0.15, 0.2) is 40.9 Å². The highest BCUT2D eigenvalue weighted by atomic mass is 79.9. The second kappa shape index (κ2) is 13.4. The van der Waals surface area contributed by atoms with Gasteiger partial charge in [-0.25, -0.2) is 0 Å². The summed E-state index contributed by atoms with van der Waals surface area (Å²) in [7, 11) is 1.94. The minimum Gasteiger partial charge on any atom is -0.490 e. The second-order valence-electron chi connectivity index (χ2n) is 12.2. The normalized spacial score (nSPS) is 23.5. The van der Waals surface area contributed by atoms with Gasteiger partial charge in [0.1, 0.15) is 5.75 Å². The number of halogens is 1. The summed E-state index contributed by atoms with van der Waals surface area (Å²) < 4.78 is 15.5. The maximum absolute atomic E-state index is 12.6. The third kappa shape index (κ3) is 6.76. The van der Waals surface area contributed by atoms with Crippen molar-refractivity contribution in [1.82, 2.24) is 20.0 Å². The first-order valence-electron chi connectivity index (χ1n) is 15.6. The average molecular weight is 653 g/mol. The van der Waals surface area contributed by atoms with Crippen LogP contribution in [0.25, 0.3) is 10.9 Å². The number of fused-ring (bicyclic) bond motifs is 1. The number of anilines is 1. The number of nitrogens with one attached hydrogen (secondary N) is 1. The molecule has 43 heavy (non-hydrogen) atoms. The van der Waals surface area contributed by atoms with Crippen molar-refractivity contribution >= 4 is 44.3 Å². The van der Waals surface area contributed by atoms with Crippen LogP contribution in [0.2, 0.25) is 0 Å². The van der Waals surface area contributed by atoms with Gasteiger partial charge in [-0.15, -0.1) is 0 Å². The van der Waals surface area contributed by atoms with Gasteiger partial charge in [0.25, 0.3) is 0 Å². The topological polar surface area (TPSA) is 88.9 Å². The molecule has 3 fully saturated rings. The van der Waals surface area contributed by atoms with Gasteiger partial charge in [-0.1, -0.05) is 34.1 Å². The summed E-state index contributed by atoms with van der Waals surface area (Å²) in [5, 5.41) is 8.23. The highest BCUT2D eigenvalue weighted by Gasteiger charge is 2.32. The van der Waals surface area contributed by atoms with Gasteiger partial charge in [-0.3, -0.25) is 24.5 Å². The maximum Gasteiger partial charge on any atom is 0.235 e. The lowest BCUT2D eigenvalue weighted by Gasteiger charge is -2.36. The SMILES string of the molecule is Cc1c(Br)cccc1OC1CCC(COCCN2CCN(c3cccc4c(C5CCC(=O)NC5=O)nn(C)c34)CC2)CC1. The minimum absolute atomic E-state index is 0.203. The molecule has 1 N–H and O–H groups in total. The summed E-state index contributed by atoms with van der Waals surface area (Å²) in [5.74, 6) is 0.767. The standard InChI is InChI=1S/C33H42BrN5O4/c1-22-27(34)6-4-8-29(22)43-24-11-9-23(10-12-24)21-42-20-19-38-15-17-39(18-16-38)28-7-3-5-25-31(36-37(2)32(25)28)26-13-14-30(40)35-33(26)41/h3-8,23-24,26H,9-21H2,1-2H3,(H,35,40,41). The van der Waals surface area contributed by atoms with Gasteiger partial charge in [-0.05, 0) is 63.1 Å². The molecule has 1 atom stereocenters. The molecule has 1 aromatic heterocycles. The summed E-state index contributed by atoms with van der Waals surface area (Å²) in [6, 6.07) is 12.4. The average Bonchev–Trinajstić information content (AvgIpc) is 3.35. The number of piperidine rings is 1. The maximum atomic E-state index is 12.6. The van der Waals surface area contributed by atoms with E-state index in [1.807, 2.05) is 23.9 Å². The first-order chi connectivity index (χ1) is 20.9. The molecule has 1 unspecified atom stereocenters. The molecule has 2 saturated heterocycles. The Hall–Kier alpha value is -2.95. The Bertz CT molecular complexity index is 1460. The molecular weight excluding hydrogens is 610 g/mol. The number of hydrogen-bond donors (Lipinski definition) is 1. The van der Waals surface area contributed by atoms with Crippen molar-refractivity contribution in [3.05, 3.63) is 52.1 Å². The van der Waals surface area contributed by atoms with Crippen LogP contribution >= 0.6 is 15.9 Å². The van der Waals surface area contributed by atoms with Crippen molar-refractivity contribution in [2.45, 2.75) is 57.5 Å². The second-order valence-corrected chi connectivity index (χ2v) is 13.1. The number of carbonyl (C=O) groups is 2. The summed E-state index contributed by atoms with van der Waals surface area (Å²) in [6.45, 7) is 8.47. The Balaban J connectivity index is 0.943. The molecule has 230 valence electrons. The van der Waals surface area contributed by atoms with E-state index in [1.165, 1.54) is 5.56 Å². The van der Waals surface area contributed by atoms with Gasteiger partial charge in [0.2, 0.25) is 11.8 Å². The molecule has 2 aromatic carbocycles. The van der Waals surface area contributed by atoms with Crippen LogP contribution in [0.3, 0.4) is 0 Å². The number of nitrogens with zero attached hydrogens (tertiary/aromatic N) is 4. The van der Waals surface area contributed by atoms with Crippen molar-refractivity contribution in [2.24, 2.45) is 13.0 Å². The smallest absolute Gasteiger partial charge is 0.235 e. The first-order valence-corrected chi connectivity index (χ1v) is 16.4. The number of aryl methyl sites for hydroxylation is 1. The van der Waals surface area contributed by atoms with Crippen molar-refractivity contribution in [3.8, 4) is 5.75 Å². The quantitative estimate of drug-likeness (QED) is 0.259. The lowest BCUT2D eigenvalue weighted by Crippen LogP contribution is -2.47. The molecule has 1 aliphatic carbocycles. The highest BCUT2D eigenvalue weighted by molar-refractivity contribution is 9.10. The molecule has 0 bridgehead atoms. The van der Waals surface area contributed by atoms with E-state index in [-0.39, 0.29) is 11.8 Å². The van der Waals surface area contributed by atoms with Gasteiger partial charge in [-0.2, -0.15) is 5.10 Å². The van der Waals surface area contributed by atoms with E-state index in [0.717, 1.165) is 104 Å². The fourth-order valence-electron chi connectivity index (χ4n) is 6.78. The van der Waals surface area contributed by atoms with Crippen molar-refractivity contribution in [3.63, 3.8) is 0 Å². The number of ether oxygens (including phenoxy) is 2. The number of imide groups is 1. The number of piperazine rings is 1. The Morgan fingerprint density at radius 2 is 1.77 bits per heavy atom. The number of para-hydroxylation sites is 1. The van der Waals surface area contributed by atoms with Gasteiger partial charge < -0.3 is 14.4 Å². The Morgan fingerprint density at radius 3 is 2.53 bits per heavy atom. The number of amides is 2. The van der Waals surface area contributed by atoms with Crippen molar-refractivity contribution in [1.29, 1.82) is 0 Å². The molecular formula is C33H42BrN5O4. The Labute approximate surface area is 262 Å². The van der Waals surface area contributed by atoms with E-state index in [1.54, 1.807) is 0 Å². The molecule has 2 aliphatic heterocycles. The lowest BCUT2D eigenvalue weighted by molar-refractivity contribution is -0.134. The van der Waals surface area contributed by atoms with E-state index in [2.05, 4.69) is 62.2 Å². The molecule has 10 heteroatoms. The van der Waals surface area contributed by atoms with E-state index in [4.69, 9.17) is 14.6 Å². The zero-order valence-electron chi connectivity index (χ0n) is 25.2. The Morgan fingerprint density at radius 1 is 1.00 bits per heavy atom. The summed E-state index contributed by atoms with van der Waals surface area (Å²) in [5.41, 5.74) is 4.13. The Kier molecular flexibility index (Phi) is 9.35. The molecule has 3 heterocycles. The largest absolute Gasteiger partial charge is 0.490 e. The van der Waals surface area contributed by atoms with Gasteiger partial charge in [0, 0.05) is 68.2 Å². The van der Waals surface area contributed by atoms with Gasteiger partial charge in [0.15, 0.2) is 0 Å². The minimum atomic E-state index is -0.391. The number of benzene rings is 2. The predicted octanol–water partition coefficient (Wildman–Crippen LogP) is 4.94. The van der Waals surface area contributed by atoms with Crippen LogP contribution in [-0.4, -0.2) is 78.5 Å². The van der Waals surface area contributed by atoms with Gasteiger partial charge in [0.05, 0.1) is 35.5 Å². The monoisotopic (exact) mass is 651 g/mol. The molecule has 6 rings (SSSR count). The third-order valence-corrected chi connectivity index (χ3v) is 10.2. The van der Waals surface area contributed by atoms with Crippen LogP contribution < -0.4 is 15.0 Å². The molecule has 1 saturated carbocycles. The van der Waals surface area contributed by atoms with E-state index in [9.17, 15) is 9.59 Å². The van der Waals surface area contributed by atoms with Crippen LogP contribution in [0.5, 0.6) is 5.75 Å². The van der Waals surface area contributed by atoms with Crippen molar-refractivity contribution in [2.75, 3.05) is 50.8 Å². The molecule has 2 amide bonds. The molecule has 3 aromatic rings. The van der Waals surface area contributed by atoms with Crippen LogP contribution in [0, 0.1) is 12.8 Å². The van der Waals surface area contributed by atoms with E-state index < -0.39 is 5.92 Å². The summed E-state index contributed by atoms with van der Waals surface area (Å²) in [6.07, 6.45) is 5.62. The predicted molar refractivity (Wildman–Crippen MR) is 171 cm³/mol. The van der Waals surface area contributed by atoms with E-state index in [0.29, 0.717) is 24.9 Å². The highest BCUT2D eigenvalue weighted by Crippen LogP contribution is 2.35. The van der Waals surface area contributed by atoms with Crippen LogP contribution in [0.1, 0.15) is 55.7 Å².